The third-order valence-electron chi connectivity index (χ3n) is 10.7. The van der Waals surface area contributed by atoms with E-state index in [1.54, 1.807) is 0 Å². The molecule has 0 aliphatic heterocycles. The van der Waals surface area contributed by atoms with Crippen molar-refractivity contribution in [2.45, 2.75) is 90.4 Å². The van der Waals surface area contributed by atoms with Gasteiger partial charge in [0, 0.05) is 12.3 Å². The maximum atomic E-state index is 11.6. The third kappa shape index (κ3) is 3.36. The molecule has 4 rings (SSSR count). The molecule has 174 valence electrons. The van der Waals surface area contributed by atoms with Gasteiger partial charge in [-0.2, -0.15) is 0 Å². The molecule has 0 saturated heterocycles. The molecule has 0 amide bonds. The van der Waals surface area contributed by atoms with Crippen LogP contribution in [-0.2, 0) is 4.79 Å². The van der Waals surface area contributed by atoms with Crippen molar-refractivity contribution >= 4 is 5.97 Å². The summed E-state index contributed by atoms with van der Waals surface area (Å²) in [6.45, 7) is 6.58. The predicted octanol–water partition coefficient (Wildman–Crippen LogP) is 3.31. The van der Waals surface area contributed by atoms with E-state index in [0.717, 1.165) is 12.8 Å². The molecule has 4 fully saturated rings. The van der Waals surface area contributed by atoms with Crippen LogP contribution in [0.4, 0.5) is 0 Å². The van der Waals surface area contributed by atoms with Crippen LogP contribution >= 0.6 is 0 Å². The van der Waals surface area contributed by atoms with Gasteiger partial charge >= 0.3 is 5.97 Å². The number of aliphatic hydroxyl groups excluding tert-OH is 3. The van der Waals surface area contributed by atoms with Gasteiger partial charge in [-0.05, 0) is 91.3 Å². The van der Waals surface area contributed by atoms with Crippen molar-refractivity contribution in [1.82, 2.24) is 0 Å². The Labute approximate surface area is 186 Å². The first kappa shape index (κ1) is 23.1. The zero-order chi connectivity index (χ0) is 22.7. The molecule has 0 radical (unpaired) electrons. The molecule has 5 heteroatoms. The van der Waals surface area contributed by atoms with Crippen molar-refractivity contribution in [2.24, 2.45) is 52.3 Å². The zero-order valence-electron chi connectivity index (χ0n) is 19.2. The lowest BCUT2D eigenvalue weighted by molar-refractivity contribution is -0.215. The van der Waals surface area contributed by atoms with Gasteiger partial charge in [0.25, 0.3) is 0 Å². The highest BCUT2D eigenvalue weighted by molar-refractivity contribution is 5.66. The lowest BCUT2D eigenvalue weighted by Crippen LogP contribution is -2.64. The third-order valence-corrected chi connectivity index (χ3v) is 10.7. The molecule has 0 aromatic rings. The van der Waals surface area contributed by atoms with Gasteiger partial charge in [0.2, 0.25) is 0 Å². The molecular formula is C26H40O5. The molecule has 4 aliphatic rings. The van der Waals surface area contributed by atoms with Crippen molar-refractivity contribution < 1.29 is 25.2 Å². The van der Waals surface area contributed by atoms with E-state index in [4.69, 9.17) is 11.5 Å². The number of hydrogen-bond donors (Lipinski definition) is 4. The highest BCUT2D eigenvalue weighted by Gasteiger charge is 2.67. The molecule has 0 aromatic heterocycles. The molecule has 0 heterocycles. The maximum absolute atomic E-state index is 11.6. The van der Waals surface area contributed by atoms with Gasteiger partial charge in [-0.25, -0.2) is 0 Å². The van der Waals surface area contributed by atoms with Crippen LogP contribution < -0.4 is 0 Å². The molecule has 0 aromatic carbocycles. The molecule has 4 aliphatic carbocycles. The Hall–Kier alpha value is -1.09. The van der Waals surface area contributed by atoms with E-state index >= 15 is 0 Å². The number of hydrogen-bond acceptors (Lipinski definition) is 4. The normalized spacial score (nSPS) is 52.4. The fraction of sp³-hybridized carbons (Fsp3) is 0.885. The Bertz CT molecular complexity index is 745. The highest BCUT2D eigenvalue weighted by atomic mass is 16.4. The van der Waals surface area contributed by atoms with Gasteiger partial charge in [-0.1, -0.05) is 20.8 Å². The second-order valence-corrected chi connectivity index (χ2v) is 11.7. The average molecular weight is 433 g/mol. The molecule has 0 spiro atoms. The van der Waals surface area contributed by atoms with E-state index in [1.165, 1.54) is 0 Å². The number of carbonyl (C=O) groups is 1. The first-order valence-corrected chi connectivity index (χ1v) is 12.3. The molecule has 4 N–H and O–H groups in total. The summed E-state index contributed by atoms with van der Waals surface area (Å²) in [5.74, 6) is 3.32. The number of aliphatic hydroxyl groups is 3. The molecule has 5 nitrogen and oxygen atoms in total. The summed E-state index contributed by atoms with van der Waals surface area (Å²) in [5, 5.41) is 42.5. The standard InChI is InChI=1S/C26H40O5/c1-5-15-10-17(27)11-16-12-21(28)24-19-8-7-18(14(2)6-9-23(30)31)26(19,4)22(29)13-20(24)25(15,16)3/h1,14-22,24,27-29H,6-13H2,2-4H3,(H,30,31). The smallest absolute Gasteiger partial charge is 0.303 e. The molecule has 4 saturated carbocycles. The first-order chi connectivity index (χ1) is 14.5. The number of terminal acetylenes is 1. The summed E-state index contributed by atoms with van der Waals surface area (Å²) in [6, 6.07) is 0. The van der Waals surface area contributed by atoms with Crippen LogP contribution in [0.3, 0.4) is 0 Å². The number of fused-ring (bicyclic) bond motifs is 5. The van der Waals surface area contributed by atoms with Crippen LogP contribution in [0.1, 0.15) is 72.1 Å². The molecule has 31 heavy (non-hydrogen) atoms. The van der Waals surface area contributed by atoms with E-state index in [1.807, 2.05) is 0 Å². The number of aliphatic carboxylic acids is 1. The van der Waals surface area contributed by atoms with Crippen molar-refractivity contribution in [2.75, 3.05) is 0 Å². The van der Waals surface area contributed by atoms with E-state index in [9.17, 15) is 20.1 Å². The van der Waals surface area contributed by atoms with Crippen LogP contribution in [0.15, 0.2) is 0 Å². The number of carboxylic acids is 1. The van der Waals surface area contributed by atoms with Gasteiger partial charge in [0.1, 0.15) is 0 Å². The number of rotatable bonds is 4. The van der Waals surface area contributed by atoms with E-state index in [0.29, 0.717) is 32.1 Å². The van der Waals surface area contributed by atoms with E-state index in [2.05, 4.69) is 26.7 Å². The van der Waals surface area contributed by atoms with Crippen LogP contribution in [0, 0.1) is 64.6 Å². The minimum Gasteiger partial charge on any atom is -0.481 e. The average Bonchev–Trinajstić information content (AvgIpc) is 3.06. The van der Waals surface area contributed by atoms with Gasteiger partial charge in [0.05, 0.1) is 18.3 Å². The molecular weight excluding hydrogens is 392 g/mol. The Balaban J connectivity index is 1.66. The molecule has 0 bridgehead atoms. The van der Waals surface area contributed by atoms with Gasteiger partial charge in [0.15, 0.2) is 0 Å². The van der Waals surface area contributed by atoms with Crippen LogP contribution in [0.2, 0.25) is 0 Å². The Kier molecular flexibility index (Phi) is 5.99. The van der Waals surface area contributed by atoms with E-state index < -0.39 is 24.3 Å². The maximum Gasteiger partial charge on any atom is 0.303 e. The van der Waals surface area contributed by atoms with Crippen molar-refractivity contribution in [3.63, 3.8) is 0 Å². The fourth-order valence-corrected chi connectivity index (χ4v) is 9.04. The van der Waals surface area contributed by atoms with E-state index in [-0.39, 0.29) is 58.7 Å². The Morgan fingerprint density at radius 2 is 1.77 bits per heavy atom. The van der Waals surface area contributed by atoms with Gasteiger partial charge in [-0.15, -0.1) is 12.3 Å². The fourth-order valence-electron chi connectivity index (χ4n) is 9.04. The summed E-state index contributed by atoms with van der Waals surface area (Å²) in [7, 11) is 0. The minimum absolute atomic E-state index is 0.0375. The number of carboxylic acid groups (broad SMARTS) is 1. The molecule has 12 atom stereocenters. The predicted molar refractivity (Wildman–Crippen MR) is 118 cm³/mol. The second-order valence-electron chi connectivity index (χ2n) is 11.7. The summed E-state index contributed by atoms with van der Waals surface area (Å²) in [5.41, 5.74) is -0.476. The highest BCUT2D eigenvalue weighted by Crippen LogP contribution is 2.69. The largest absolute Gasteiger partial charge is 0.481 e. The van der Waals surface area contributed by atoms with Crippen molar-refractivity contribution in [3.05, 3.63) is 0 Å². The summed E-state index contributed by atoms with van der Waals surface area (Å²) >= 11 is 0. The minimum atomic E-state index is -0.766. The second kappa shape index (κ2) is 8.04. The zero-order valence-corrected chi connectivity index (χ0v) is 19.2. The SMILES string of the molecule is C#CC1CC(O)CC2CC(O)C3C(CC(O)C4(C)C(C(C)CCC(=O)O)CCC34)C12C. The quantitative estimate of drug-likeness (QED) is 0.511. The lowest BCUT2D eigenvalue weighted by atomic mass is 9.41. The summed E-state index contributed by atoms with van der Waals surface area (Å²) < 4.78 is 0. The monoisotopic (exact) mass is 432 g/mol. The van der Waals surface area contributed by atoms with Crippen LogP contribution in [0.5, 0.6) is 0 Å². The Morgan fingerprint density at radius 3 is 2.42 bits per heavy atom. The topological polar surface area (TPSA) is 98.0 Å². The lowest BCUT2D eigenvalue weighted by Gasteiger charge is -2.64. The summed E-state index contributed by atoms with van der Waals surface area (Å²) in [4.78, 5) is 11.1. The van der Waals surface area contributed by atoms with Crippen molar-refractivity contribution in [3.8, 4) is 12.3 Å². The Morgan fingerprint density at radius 1 is 1.06 bits per heavy atom. The molecule has 12 unspecified atom stereocenters. The van der Waals surface area contributed by atoms with Gasteiger partial charge < -0.3 is 20.4 Å². The van der Waals surface area contributed by atoms with Gasteiger partial charge in [-0.3, -0.25) is 4.79 Å². The van der Waals surface area contributed by atoms with Crippen LogP contribution in [-0.4, -0.2) is 44.7 Å². The van der Waals surface area contributed by atoms with Crippen molar-refractivity contribution in [1.29, 1.82) is 0 Å². The van der Waals surface area contributed by atoms with Crippen LogP contribution in [0.25, 0.3) is 0 Å². The first-order valence-electron chi connectivity index (χ1n) is 12.3. The summed E-state index contributed by atoms with van der Waals surface area (Å²) in [6.07, 6.45) is 9.98.